The molecule has 0 unspecified atom stereocenters. The first kappa shape index (κ1) is 59.3. The van der Waals surface area contributed by atoms with Gasteiger partial charge in [-0.15, -0.1) is 22.7 Å². The standard InChI is InChI=1S/C88H41B3F6N4O5S2/c92-57-22-9-18-47-48-19-10-23-58(93)81(48)99(80(47)57)42-32-66-77-70(33-42)105-85-51-16-3-7-30-75(51)107-87(85)90(77)53-38-54-67(40-65(53)101(66)84-61(96)26-13-27-62(84)97)102-71-34-43(98-63-28-5-1-14-45(63)46-15-2-6-29-64(46)98)35-72-78(71)89(54)55-39-56-69(41-68(55)103-72)104-73-36-44(100-82-49(20-11-24-59(82)94)50-21-12-25-60(95)83(50)100)37-74-79(73)91(56)88-86(106-74)52-17-4-8-31-76(52)108-88/h1-41H. The molecule has 20 heteroatoms. The maximum Gasteiger partial charge on any atom is 0.273 e. The van der Waals surface area contributed by atoms with Gasteiger partial charge in [0.05, 0.1) is 50.2 Å². The summed E-state index contributed by atoms with van der Waals surface area (Å²) in [6.07, 6.45) is 0. The van der Waals surface area contributed by atoms with Gasteiger partial charge >= 0.3 is 0 Å². The number of thiophene rings is 2. The molecule has 0 saturated carbocycles. The molecule has 0 N–H and O–H groups in total. The Labute approximate surface area is 616 Å². The summed E-state index contributed by atoms with van der Waals surface area (Å²) in [6, 6.07) is 74.7. The number of ether oxygens (including phenoxy) is 5. The number of para-hydroxylation sites is 7. The Bertz CT molecular complexity index is 7280. The van der Waals surface area contributed by atoms with Crippen LogP contribution in [0.4, 0.5) is 43.4 Å². The number of rotatable bonds is 4. The van der Waals surface area contributed by atoms with E-state index in [1.54, 1.807) is 97.4 Å². The van der Waals surface area contributed by atoms with Gasteiger partial charge in [0, 0.05) is 127 Å². The number of aromatic nitrogens is 3. The molecular formula is C88H41B3F6N4O5S2. The molecule has 9 nitrogen and oxygen atoms in total. The summed E-state index contributed by atoms with van der Waals surface area (Å²) in [7, 11) is 0. The highest BCUT2D eigenvalue weighted by Crippen LogP contribution is 2.52. The highest BCUT2D eigenvalue weighted by Gasteiger charge is 2.51. The summed E-state index contributed by atoms with van der Waals surface area (Å²) in [5, 5.41) is 5.83. The van der Waals surface area contributed by atoms with E-state index in [0.717, 1.165) is 84.5 Å². The average Bonchev–Trinajstić information content (AvgIpc) is 1.13. The van der Waals surface area contributed by atoms with E-state index >= 15 is 26.3 Å². The number of fused-ring (bicyclic) bond motifs is 25. The summed E-state index contributed by atoms with van der Waals surface area (Å²) in [6.45, 7) is -1.86. The van der Waals surface area contributed by atoms with Crippen LogP contribution in [0.3, 0.4) is 0 Å². The van der Waals surface area contributed by atoms with Crippen molar-refractivity contribution in [1.82, 2.24) is 13.7 Å². The quantitative estimate of drug-likeness (QED) is 0.129. The summed E-state index contributed by atoms with van der Waals surface area (Å²) in [5.74, 6) is 0.737. The molecule has 11 heterocycles. The van der Waals surface area contributed by atoms with Crippen LogP contribution in [0.15, 0.2) is 249 Å². The molecule has 6 aliphatic rings. The largest absolute Gasteiger partial charge is 0.458 e. The van der Waals surface area contributed by atoms with E-state index in [4.69, 9.17) is 23.7 Å². The summed E-state index contributed by atoms with van der Waals surface area (Å²) in [5.41, 5.74) is 9.23. The van der Waals surface area contributed by atoms with Gasteiger partial charge < -0.3 is 42.3 Å². The van der Waals surface area contributed by atoms with Crippen molar-refractivity contribution in [1.29, 1.82) is 0 Å². The molecular weight excluding hydrogens is 1400 g/mol. The number of halogens is 6. The average molecular weight is 1440 g/mol. The van der Waals surface area contributed by atoms with Crippen LogP contribution in [0, 0.1) is 34.9 Å². The Morgan fingerprint density at radius 3 is 1.13 bits per heavy atom. The number of hydrogen-bond donors (Lipinski definition) is 0. The monoisotopic (exact) mass is 1440 g/mol. The van der Waals surface area contributed by atoms with Crippen molar-refractivity contribution >= 4 is 193 Å². The van der Waals surface area contributed by atoms with E-state index in [2.05, 4.69) is 53.1 Å². The SMILES string of the molecule is Fc1cccc(F)c1N1c2cc3c(cc2B2c4sc5ccccc5c4Oc4cc(-n5c6c(F)cccc6c6cccc(F)c65)cc1c42)B1c2cc4c(cc2Oc2cc(-n5c6ccccc6c6ccccc65)cc(c21)O3)Oc1cc(-n2c3c(F)cccc3c3cccc(F)c32)cc2c1B4c1sc3ccccc3c1O2. The third-order valence-corrected chi connectivity index (χ3v) is 25.3. The first-order valence-corrected chi connectivity index (χ1v) is 37.0. The van der Waals surface area contributed by atoms with Crippen molar-refractivity contribution in [2.75, 3.05) is 4.90 Å². The van der Waals surface area contributed by atoms with Crippen LogP contribution >= 0.6 is 22.7 Å². The third-order valence-electron chi connectivity index (χ3n) is 22.9. The van der Waals surface area contributed by atoms with Crippen molar-refractivity contribution < 1.29 is 50.0 Å². The van der Waals surface area contributed by atoms with Crippen LogP contribution in [0.25, 0.3) is 103 Å². The highest BCUT2D eigenvalue weighted by atomic mass is 32.1. The van der Waals surface area contributed by atoms with Gasteiger partial charge in [-0.05, 0) is 106 Å². The molecule has 0 atom stereocenters. The van der Waals surface area contributed by atoms with Crippen molar-refractivity contribution in [3.8, 4) is 74.6 Å². The van der Waals surface area contributed by atoms with E-state index in [0.29, 0.717) is 107 Å². The molecule has 108 heavy (non-hydrogen) atoms. The fourth-order valence-corrected chi connectivity index (χ4v) is 21.1. The molecule has 506 valence electrons. The molecule has 0 aliphatic carbocycles. The van der Waals surface area contributed by atoms with E-state index in [9.17, 15) is 0 Å². The third kappa shape index (κ3) is 7.63. The first-order valence-electron chi connectivity index (χ1n) is 35.3. The van der Waals surface area contributed by atoms with Gasteiger partial charge in [-0.1, -0.05) is 127 Å². The van der Waals surface area contributed by atoms with Gasteiger partial charge in [-0.2, -0.15) is 0 Å². The molecule has 0 spiro atoms. The number of benzene rings is 14. The maximum absolute atomic E-state index is 17.7. The van der Waals surface area contributed by atoms with Crippen LogP contribution in [0.1, 0.15) is 0 Å². The van der Waals surface area contributed by atoms with Crippen molar-refractivity contribution in [2.24, 2.45) is 0 Å². The van der Waals surface area contributed by atoms with Crippen molar-refractivity contribution in [3.63, 3.8) is 0 Å². The number of hydrogen-bond acceptors (Lipinski definition) is 8. The van der Waals surface area contributed by atoms with Crippen molar-refractivity contribution in [2.45, 2.75) is 0 Å². The molecule has 0 bridgehead atoms. The fraction of sp³-hybridized carbons (Fsp3) is 0. The number of nitrogens with zero attached hydrogens (tertiary/aromatic N) is 4. The lowest BCUT2D eigenvalue weighted by Crippen LogP contribution is -2.63. The predicted octanol–water partition coefficient (Wildman–Crippen LogP) is 18.1. The van der Waals surface area contributed by atoms with Gasteiger partial charge in [-0.3, -0.25) is 0 Å². The number of anilines is 3. The zero-order valence-electron chi connectivity index (χ0n) is 55.8. The first-order chi connectivity index (χ1) is 53.0. The molecule has 0 fully saturated rings. The maximum atomic E-state index is 17.7. The lowest BCUT2D eigenvalue weighted by atomic mass is 9.31. The van der Waals surface area contributed by atoms with Crippen molar-refractivity contribution in [3.05, 3.63) is 284 Å². The Morgan fingerprint density at radius 1 is 0.269 bits per heavy atom. The minimum Gasteiger partial charge on any atom is -0.458 e. The molecule has 14 aromatic carbocycles. The Kier molecular flexibility index (Phi) is 11.5. The highest BCUT2D eigenvalue weighted by molar-refractivity contribution is 7.34. The second-order valence-corrected chi connectivity index (χ2v) is 30.5. The Hall–Kier alpha value is -13.0. The molecule has 0 radical (unpaired) electrons. The van der Waals surface area contributed by atoms with E-state index in [1.807, 2.05) is 97.1 Å². The zero-order valence-corrected chi connectivity index (χ0v) is 57.5. The lowest BCUT2D eigenvalue weighted by Gasteiger charge is -2.41. The molecule has 0 amide bonds. The zero-order chi connectivity index (χ0) is 71.1. The molecule has 25 rings (SSSR count). The van der Waals surface area contributed by atoms with Crippen LogP contribution < -0.4 is 76.4 Å². The van der Waals surface area contributed by atoms with Crippen LogP contribution in [-0.4, -0.2) is 33.8 Å². The Morgan fingerprint density at radius 2 is 0.630 bits per heavy atom. The normalized spacial score (nSPS) is 13.8. The Balaban J connectivity index is 0.759. The minimum absolute atomic E-state index is 0.106. The van der Waals surface area contributed by atoms with Gasteiger partial charge in [0.1, 0.15) is 98.1 Å². The van der Waals surface area contributed by atoms with Crippen LogP contribution in [0.2, 0.25) is 0 Å². The van der Waals surface area contributed by atoms with Gasteiger partial charge in [0.15, 0.2) is 0 Å². The second kappa shape index (κ2) is 20.9. The molecule has 5 aromatic heterocycles. The molecule has 19 aromatic rings. The van der Waals surface area contributed by atoms with E-state index in [-0.39, 0.29) is 27.8 Å². The fourth-order valence-electron chi connectivity index (χ4n) is 18.6. The minimum atomic E-state index is -0.869. The summed E-state index contributed by atoms with van der Waals surface area (Å²) in [4.78, 5) is 1.58. The summed E-state index contributed by atoms with van der Waals surface area (Å²) >= 11 is 3.19. The molecule has 6 aliphatic heterocycles. The van der Waals surface area contributed by atoms with Gasteiger partial charge in [0.25, 0.3) is 20.1 Å². The van der Waals surface area contributed by atoms with Crippen LogP contribution in [-0.2, 0) is 0 Å². The smallest absolute Gasteiger partial charge is 0.273 e. The molecule has 0 saturated heterocycles. The predicted molar refractivity (Wildman–Crippen MR) is 421 cm³/mol. The van der Waals surface area contributed by atoms with Gasteiger partial charge in [0.2, 0.25) is 0 Å². The summed E-state index contributed by atoms with van der Waals surface area (Å²) < 4.78 is 148. The lowest BCUT2D eigenvalue weighted by molar-refractivity contribution is 0.452. The van der Waals surface area contributed by atoms with E-state index in [1.165, 1.54) is 42.5 Å². The van der Waals surface area contributed by atoms with Crippen LogP contribution in [0.5, 0.6) is 57.5 Å². The van der Waals surface area contributed by atoms with Gasteiger partial charge in [-0.25, -0.2) is 26.3 Å². The topological polar surface area (TPSA) is 64.2 Å². The second-order valence-electron chi connectivity index (χ2n) is 28.3. The van der Waals surface area contributed by atoms with E-state index < -0.39 is 60.7 Å².